The number of nitrogens with zero attached hydrogens (tertiary/aromatic N) is 1. The van der Waals surface area contributed by atoms with Crippen LogP contribution in [0.2, 0.25) is 0 Å². The summed E-state index contributed by atoms with van der Waals surface area (Å²) >= 11 is 1.19. The number of aliphatic imine (C=N–C) groups is 1. The normalized spacial score (nSPS) is 16.0. The van der Waals surface area contributed by atoms with Crippen LogP contribution in [-0.4, -0.2) is 34.7 Å². The minimum absolute atomic E-state index is 0.158. The lowest BCUT2D eigenvalue weighted by Crippen LogP contribution is -2.19. The SMILES string of the molecule is CC(=O)Nc1ccc(N=C2NC(=O)/C(=C\c3cccc(OCC(=O)O)c3)S2)cc1. The largest absolute Gasteiger partial charge is 0.482 e. The van der Waals surface area contributed by atoms with Crippen molar-refractivity contribution in [2.45, 2.75) is 6.92 Å². The Kier molecular flexibility index (Phi) is 6.30. The molecule has 3 N–H and O–H groups in total. The summed E-state index contributed by atoms with van der Waals surface area (Å²) < 4.78 is 5.15. The number of rotatable bonds is 6. The van der Waals surface area contributed by atoms with E-state index in [4.69, 9.17) is 9.84 Å². The van der Waals surface area contributed by atoms with Crippen LogP contribution in [-0.2, 0) is 14.4 Å². The van der Waals surface area contributed by atoms with Crippen molar-refractivity contribution in [1.29, 1.82) is 0 Å². The van der Waals surface area contributed by atoms with Crippen molar-refractivity contribution in [2.75, 3.05) is 11.9 Å². The van der Waals surface area contributed by atoms with Gasteiger partial charge in [0.2, 0.25) is 5.91 Å². The Labute approximate surface area is 170 Å². The highest BCUT2D eigenvalue weighted by molar-refractivity contribution is 8.18. The van der Waals surface area contributed by atoms with E-state index in [1.165, 1.54) is 18.7 Å². The summed E-state index contributed by atoms with van der Waals surface area (Å²) in [6.07, 6.45) is 1.68. The Balaban J connectivity index is 1.71. The first kappa shape index (κ1) is 20.2. The first-order chi connectivity index (χ1) is 13.9. The Bertz CT molecular complexity index is 1020. The molecule has 1 heterocycles. The van der Waals surface area contributed by atoms with E-state index in [-0.39, 0.29) is 11.8 Å². The van der Waals surface area contributed by atoms with E-state index in [0.717, 1.165) is 0 Å². The van der Waals surface area contributed by atoms with Crippen LogP contribution in [0, 0.1) is 0 Å². The van der Waals surface area contributed by atoms with Crippen molar-refractivity contribution in [3.05, 3.63) is 59.0 Å². The molecule has 0 atom stereocenters. The summed E-state index contributed by atoms with van der Waals surface area (Å²) in [5, 5.41) is 14.5. The number of carbonyl (C=O) groups excluding carboxylic acids is 2. The molecule has 1 aliphatic heterocycles. The Morgan fingerprint density at radius 1 is 1.24 bits per heavy atom. The number of amidine groups is 1. The average Bonchev–Trinajstić information content (AvgIpc) is 3.00. The number of benzene rings is 2. The zero-order valence-corrected chi connectivity index (χ0v) is 16.2. The molecule has 2 amide bonds. The number of hydrogen-bond donors (Lipinski definition) is 3. The van der Waals surface area contributed by atoms with Crippen LogP contribution in [0.5, 0.6) is 5.75 Å². The van der Waals surface area contributed by atoms with Crippen LogP contribution in [0.4, 0.5) is 11.4 Å². The van der Waals surface area contributed by atoms with E-state index in [0.29, 0.717) is 32.8 Å². The van der Waals surface area contributed by atoms with Gasteiger partial charge < -0.3 is 20.5 Å². The molecule has 29 heavy (non-hydrogen) atoms. The zero-order valence-electron chi connectivity index (χ0n) is 15.3. The maximum Gasteiger partial charge on any atom is 0.341 e. The van der Waals surface area contributed by atoms with Crippen molar-refractivity contribution in [2.24, 2.45) is 4.99 Å². The molecular formula is C20H17N3O5S. The summed E-state index contributed by atoms with van der Waals surface area (Å²) in [6.45, 7) is 0.994. The lowest BCUT2D eigenvalue weighted by molar-refractivity contribution is -0.139. The Morgan fingerprint density at radius 2 is 2.00 bits per heavy atom. The topological polar surface area (TPSA) is 117 Å². The van der Waals surface area contributed by atoms with Gasteiger partial charge in [-0.25, -0.2) is 9.79 Å². The van der Waals surface area contributed by atoms with Crippen molar-refractivity contribution < 1.29 is 24.2 Å². The fourth-order valence-electron chi connectivity index (χ4n) is 2.41. The second kappa shape index (κ2) is 9.07. The number of carboxylic acid groups (broad SMARTS) is 1. The molecule has 1 saturated heterocycles. The quantitative estimate of drug-likeness (QED) is 0.629. The maximum absolute atomic E-state index is 12.2. The van der Waals surface area contributed by atoms with Crippen molar-refractivity contribution in [3.8, 4) is 5.75 Å². The van der Waals surface area contributed by atoms with E-state index < -0.39 is 12.6 Å². The standard InChI is InChI=1S/C20H17N3O5S/c1-12(24)21-14-5-7-15(8-6-14)22-20-23-19(27)17(29-20)10-13-3-2-4-16(9-13)28-11-18(25)26/h2-10H,11H2,1H3,(H,21,24)(H,25,26)(H,22,23,27)/b17-10+. The van der Waals surface area contributed by atoms with Crippen molar-refractivity contribution >= 4 is 52.2 Å². The molecule has 0 unspecified atom stereocenters. The molecular weight excluding hydrogens is 394 g/mol. The molecule has 2 aromatic carbocycles. The fraction of sp³-hybridized carbons (Fsp3) is 0.100. The van der Waals surface area contributed by atoms with Crippen LogP contribution in [0.15, 0.2) is 58.4 Å². The molecule has 9 heteroatoms. The van der Waals surface area contributed by atoms with E-state index in [9.17, 15) is 14.4 Å². The number of thioether (sulfide) groups is 1. The first-order valence-corrected chi connectivity index (χ1v) is 9.32. The molecule has 0 bridgehead atoms. The highest BCUT2D eigenvalue weighted by Crippen LogP contribution is 2.29. The molecule has 0 radical (unpaired) electrons. The number of carbonyl (C=O) groups is 3. The fourth-order valence-corrected chi connectivity index (χ4v) is 3.25. The predicted molar refractivity (Wildman–Crippen MR) is 111 cm³/mol. The van der Waals surface area contributed by atoms with Gasteiger partial charge in [0.05, 0.1) is 10.6 Å². The lowest BCUT2D eigenvalue weighted by atomic mass is 10.2. The minimum atomic E-state index is -1.06. The number of nitrogens with one attached hydrogen (secondary N) is 2. The van der Waals surface area contributed by atoms with Gasteiger partial charge >= 0.3 is 5.97 Å². The lowest BCUT2D eigenvalue weighted by Gasteiger charge is -2.03. The Hall–Kier alpha value is -3.59. The van der Waals surface area contributed by atoms with Gasteiger partial charge in [-0.05, 0) is 59.8 Å². The zero-order chi connectivity index (χ0) is 20.8. The average molecular weight is 411 g/mol. The highest BCUT2D eigenvalue weighted by Gasteiger charge is 2.23. The van der Waals surface area contributed by atoms with Gasteiger partial charge in [0.15, 0.2) is 11.8 Å². The van der Waals surface area contributed by atoms with Gasteiger partial charge in [0.1, 0.15) is 5.75 Å². The summed E-state index contributed by atoms with van der Waals surface area (Å²) in [7, 11) is 0. The number of carboxylic acids is 1. The second-order valence-electron chi connectivity index (χ2n) is 5.96. The van der Waals surface area contributed by atoms with E-state index in [2.05, 4.69) is 15.6 Å². The van der Waals surface area contributed by atoms with Crippen molar-refractivity contribution in [1.82, 2.24) is 5.32 Å². The van der Waals surface area contributed by atoms with Crippen LogP contribution in [0.25, 0.3) is 6.08 Å². The van der Waals surface area contributed by atoms with Crippen LogP contribution < -0.4 is 15.4 Å². The van der Waals surface area contributed by atoms with E-state index in [1.807, 2.05) is 0 Å². The molecule has 0 aliphatic carbocycles. The minimum Gasteiger partial charge on any atom is -0.482 e. The molecule has 1 aliphatic rings. The number of ether oxygens (including phenoxy) is 1. The van der Waals surface area contributed by atoms with E-state index in [1.54, 1.807) is 54.6 Å². The maximum atomic E-state index is 12.2. The van der Waals surface area contributed by atoms with Crippen LogP contribution >= 0.6 is 11.8 Å². The molecule has 148 valence electrons. The Morgan fingerprint density at radius 3 is 2.69 bits per heavy atom. The molecule has 2 aromatic rings. The molecule has 1 fully saturated rings. The van der Waals surface area contributed by atoms with Gasteiger partial charge in [-0.15, -0.1) is 0 Å². The molecule has 3 rings (SSSR count). The second-order valence-corrected chi connectivity index (χ2v) is 7.00. The first-order valence-electron chi connectivity index (χ1n) is 8.51. The summed E-state index contributed by atoms with van der Waals surface area (Å²) in [5.41, 5.74) is 1.99. The third-order valence-electron chi connectivity index (χ3n) is 3.59. The van der Waals surface area contributed by atoms with Gasteiger partial charge in [-0.1, -0.05) is 12.1 Å². The third kappa shape index (κ3) is 5.94. The number of aliphatic carboxylic acids is 1. The summed E-state index contributed by atoms with van der Waals surface area (Å²) in [5.74, 6) is -1.10. The monoisotopic (exact) mass is 411 g/mol. The van der Waals surface area contributed by atoms with E-state index >= 15 is 0 Å². The van der Waals surface area contributed by atoms with Gasteiger partial charge in [0, 0.05) is 12.6 Å². The highest BCUT2D eigenvalue weighted by atomic mass is 32.2. The molecule has 0 aromatic heterocycles. The van der Waals surface area contributed by atoms with Gasteiger partial charge in [0.25, 0.3) is 5.91 Å². The number of hydrogen-bond acceptors (Lipinski definition) is 6. The molecule has 0 saturated carbocycles. The number of amides is 2. The predicted octanol–water partition coefficient (Wildman–Crippen LogP) is 3.00. The third-order valence-corrected chi connectivity index (χ3v) is 4.50. The van der Waals surface area contributed by atoms with Crippen molar-refractivity contribution in [3.63, 3.8) is 0 Å². The number of anilines is 1. The van der Waals surface area contributed by atoms with Gasteiger partial charge in [-0.2, -0.15) is 0 Å². The summed E-state index contributed by atoms with van der Waals surface area (Å²) in [6, 6.07) is 13.7. The van der Waals surface area contributed by atoms with Gasteiger partial charge in [-0.3, -0.25) is 9.59 Å². The molecule has 0 spiro atoms. The summed E-state index contributed by atoms with van der Waals surface area (Å²) in [4.78, 5) is 38.7. The molecule has 8 nitrogen and oxygen atoms in total. The van der Waals surface area contributed by atoms with Crippen LogP contribution in [0.1, 0.15) is 12.5 Å². The smallest absolute Gasteiger partial charge is 0.341 e. The van der Waals surface area contributed by atoms with Crippen LogP contribution in [0.3, 0.4) is 0 Å².